The molecule has 0 heterocycles. The van der Waals surface area contributed by atoms with Gasteiger partial charge in [-0.3, -0.25) is 4.79 Å². The minimum absolute atomic E-state index is 0.113. The van der Waals surface area contributed by atoms with Crippen LogP contribution in [0, 0.1) is 0 Å². The minimum Gasteiger partial charge on any atom is -0.394 e. The topological polar surface area (TPSA) is 95.5 Å². The van der Waals surface area contributed by atoms with Gasteiger partial charge in [-0.05, 0) is 44.5 Å². The smallest absolute Gasteiger partial charge is 0.251 e. The third kappa shape index (κ3) is 5.11. The van der Waals surface area contributed by atoms with Crippen molar-refractivity contribution in [3.8, 4) is 0 Å². The summed E-state index contributed by atoms with van der Waals surface area (Å²) in [7, 11) is -3.56. The maximum atomic E-state index is 11.9. The zero-order valence-corrected chi connectivity index (χ0v) is 13.3. The number of hydrogen-bond acceptors (Lipinski definition) is 4. The van der Waals surface area contributed by atoms with Crippen LogP contribution in [0.25, 0.3) is 0 Å². The summed E-state index contributed by atoms with van der Waals surface area (Å²) >= 11 is 0. The number of hydrogen-bond donors (Lipinski definition) is 3. The minimum atomic E-state index is -3.56. The van der Waals surface area contributed by atoms with E-state index >= 15 is 0 Å². The SMILES string of the molecule is CC[C@@H](CO)NC(=O)c1ccc(S(=O)(=O)NC(C)C)cc1. The normalized spacial score (nSPS) is 13.2. The molecule has 1 amide bonds. The quantitative estimate of drug-likeness (QED) is 0.696. The van der Waals surface area contributed by atoms with Crippen molar-refractivity contribution in [2.45, 2.75) is 44.2 Å². The molecule has 0 saturated heterocycles. The van der Waals surface area contributed by atoms with Gasteiger partial charge in [-0.1, -0.05) is 6.92 Å². The Morgan fingerprint density at radius 2 is 1.81 bits per heavy atom. The van der Waals surface area contributed by atoms with Gasteiger partial charge in [-0.2, -0.15) is 0 Å². The van der Waals surface area contributed by atoms with Crippen molar-refractivity contribution in [1.29, 1.82) is 0 Å². The summed E-state index contributed by atoms with van der Waals surface area (Å²) in [4.78, 5) is 12.0. The number of amides is 1. The first-order chi connectivity index (χ1) is 9.80. The van der Waals surface area contributed by atoms with Gasteiger partial charge in [-0.15, -0.1) is 0 Å². The van der Waals surface area contributed by atoms with E-state index in [0.29, 0.717) is 12.0 Å². The molecule has 7 heteroatoms. The fourth-order valence-corrected chi connectivity index (χ4v) is 2.96. The second-order valence-corrected chi connectivity index (χ2v) is 6.78. The Kier molecular flexibility index (Phi) is 6.32. The Morgan fingerprint density at radius 1 is 1.24 bits per heavy atom. The van der Waals surface area contributed by atoms with Gasteiger partial charge >= 0.3 is 0 Å². The molecule has 3 N–H and O–H groups in total. The van der Waals surface area contributed by atoms with Crippen LogP contribution in [0.5, 0.6) is 0 Å². The van der Waals surface area contributed by atoms with Crippen LogP contribution in [0.4, 0.5) is 0 Å². The summed E-state index contributed by atoms with van der Waals surface area (Å²) < 4.78 is 26.4. The van der Waals surface area contributed by atoms with E-state index in [1.807, 2.05) is 6.92 Å². The standard InChI is InChI=1S/C14H22N2O4S/c1-4-12(9-17)15-14(18)11-5-7-13(8-6-11)21(19,20)16-10(2)3/h5-8,10,12,16-17H,4,9H2,1-3H3,(H,15,18)/t12-/m0/s1. The second kappa shape index (κ2) is 7.53. The van der Waals surface area contributed by atoms with Crippen LogP contribution in [0.15, 0.2) is 29.2 Å². The van der Waals surface area contributed by atoms with E-state index in [4.69, 9.17) is 5.11 Å². The molecule has 6 nitrogen and oxygen atoms in total. The monoisotopic (exact) mass is 314 g/mol. The molecule has 0 aliphatic heterocycles. The summed E-state index contributed by atoms with van der Waals surface area (Å²) in [5, 5.41) is 11.7. The summed E-state index contributed by atoms with van der Waals surface area (Å²) in [6.07, 6.45) is 0.618. The number of rotatable bonds is 7. The van der Waals surface area contributed by atoms with Crippen molar-refractivity contribution < 1.29 is 18.3 Å². The first kappa shape index (κ1) is 17.6. The van der Waals surface area contributed by atoms with Crippen molar-refractivity contribution in [2.24, 2.45) is 0 Å². The van der Waals surface area contributed by atoms with Crippen LogP contribution >= 0.6 is 0 Å². The number of aliphatic hydroxyl groups is 1. The fraction of sp³-hybridized carbons (Fsp3) is 0.500. The van der Waals surface area contributed by atoms with Crippen LogP contribution < -0.4 is 10.0 Å². The predicted molar refractivity (Wildman–Crippen MR) is 80.5 cm³/mol. The number of carbonyl (C=O) groups excluding carboxylic acids is 1. The molecular formula is C14H22N2O4S. The fourth-order valence-electron chi connectivity index (χ4n) is 1.71. The van der Waals surface area contributed by atoms with Crippen molar-refractivity contribution in [1.82, 2.24) is 10.0 Å². The largest absolute Gasteiger partial charge is 0.394 e. The molecule has 0 spiro atoms. The molecule has 0 unspecified atom stereocenters. The molecule has 0 radical (unpaired) electrons. The van der Waals surface area contributed by atoms with Crippen LogP contribution in [0.1, 0.15) is 37.6 Å². The van der Waals surface area contributed by atoms with Gasteiger partial charge in [0.1, 0.15) is 0 Å². The van der Waals surface area contributed by atoms with E-state index in [1.165, 1.54) is 24.3 Å². The van der Waals surface area contributed by atoms with Crippen molar-refractivity contribution in [3.05, 3.63) is 29.8 Å². The predicted octanol–water partition coefficient (Wildman–Crippen LogP) is 0.874. The second-order valence-electron chi connectivity index (χ2n) is 5.06. The molecule has 118 valence electrons. The van der Waals surface area contributed by atoms with Crippen molar-refractivity contribution >= 4 is 15.9 Å². The average molecular weight is 314 g/mol. The number of benzene rings is 1. The zero-order valence-electron chi connectivity index (χ0n) is 12.5. The van der Waals surface area contributed by atoms with E-state index < -0.39 is 10.0 Å². The maximum Gasteiger partial charge on any atom is 0.251 e. The van der Waals surface area contributed by atoms with Gasteiger partial charge in [0.05, 0.1) is 17.5 Å². The van der Waals surface area contributed by atoms with E-state index in [0.717, 1.165) is 0 Å². The van der Waals surface area contributed by atoms with Crippen molar-refractivity contribution in [3.63, 3.8) is 0 Å². The highest BCUT2D eigenvalue weighted by Crippen LogP contribution is 2.11. The molecule has 0 fully saturated rings. The highest BCUT2D eigenvalue weighted by molar-refractivity contribution is 7.89. The Bertz CT molecular complexity index is 563. The lowest BCUT2D eigenvalue weighted by Gasteiger charge is -2.14. The molecule has 0 aromatic heterocycles. The molecular weight excluding hydrogens is 292 g/mol. The number of nitrogens with one attached hydrogen (secondary N) is 2. The first-order valence-electron chi connectivity index (χ1n) is 6.84. The Hall–Kier alpha value is -1.44. The number of carbonyl (C=O) groups is 1. The lowest BCUT2D eigenvalue weighted by molar-refractivity contribution is 0.0915. The van der Waals surface area contributed by atoms with Crippen LogP contribution in [0.3, 0.4) is 0 Å². The number of sulfonamides is 1. The van der Waals surface area contributed by atoms with Gasteiger partial charge in [0.2, 0.25) is 10.0 Å². The maximum absolute atomic E-state index is 11.9. The lowest BCUT2D eigenvalue weighted by atomic mass is 10.2. The van der Waals surface area contributed by atoms with Crippen LogP contribution in [-0.2, 0) is 10.0 Å². The molecule has 1 aromatic carbocycles. The Balaban J connectivity index is 2.85. The molecule has 0 bridgehead atoms. The van der Waals surface area contributed by atoms with Gasteiger partial charge in [0.25, 0.3) is 5.91 Å². The average Bonchev–Trinajstić information content (AvgIpc) is 2.43. The molecule has 1 aromatic rings. The van der Waals surface area contributed by atoms with Crippen LogP contribution in [-0.4, -0.2) is 38.1 Å². The molecule has 1 rings (SSSR count). The molecule has 1 atom stereocenters. The van der Waals surface area contributed by atoms with Gasteiger partial charge < -0.3 is 10.4 Å². The summed E-state index contributed by atoms with van der Waals surface area (Å²) in [6, 6.07) is 5.18. The van der Waals surface area contributed by atoms with E-state index in [-0.39, 0.29) is 29.5 Å². The summed E-state index contributed by atoms with van der Waals surface area (Å²) in [5.41, 5.74) is 0.352. The molecule has 0 aliphatic carbocycles. The molecule has 0 saturated carbocycles. The van der Waals surface area contributed by atoms with Gasteiger partial charge in [0, 0.05) is 11.6 Å². The lowest BCUT2D eigenvalue weighted by Crippen LogP contribution is -2.37. The van der Waals surface area contributed by atoms with E-state index in [2.05, 4.69) is 10.0 Å². The van der Waals surface area contributed by atoms with Crippen molar-refractivity contribution in [2.75, 3.05) is 6.61 Å². The van der Waals surface area contributed by atoms with E-state index in [1.54, 1.807) is 13.8 Å². The van der Waals surface area contributed by atoms with E-state index in [9.17, 15) is 13.2 Å². The Morgan fingerprint density at radius 3 is 2.24 bits per heavy atom. The highest BCUT2D eigenvalue weighted by Gasteiger charge is 2.16. The number of aliphatic hydroxyl groups excluding tert-OH is 1. The third-order valence-electron chi connectivity index (χ3n) is 2.87. The third-order valence-corrected chi connectivity index (χ3v) is 4.54. The summed E-state index contributed by atoms with van der Waals surface area (Å²) in [6.45, 7) is 5.19. The highest BCUT2D eigenvalue weighted by atomic mass is 32.2. The zero-order chi connectivity index (χ0) is 16.0. The molecule has 21 heavy (non-hydrogen) atoms. The van der Waals surface area contributed by atoms with Gasteiger partial charge in [0.15, 0.2) is 0 Å². The summed E-state index contributed by atoms with van der Waals surface area (Å²) in [5.74, 6) is -0.336. The van der Waals surface area contributed by atoms with Crippen LogP contribution in [0.2, 0.25) is 0 Å². The molecule has 0 aliphatic rings. The first-order valence-corrected chi connectivity index (χ1v) is 8.32. The van der Waals surface area contributed by atoms with Gasteiger partial charge in [-0.25, -0.2) is 13.1 Å². The Labute approximate surface area is 125 Å².